The normalized spacial score (nSPS) is 17.2. The number of rotatable bonds is 6. The highest BCUT2D eigenvalue weighted by atomic mass is 35.5. The molecule has 2 aromatic rings. The van der Waals surface area contributed by atoms with E-state index in [1.165, 1.54) is 12.1 Å². The smallest absolute Gasteiger partial charge is 0.365 e. The number of benzene rings is 1. The highest BCUT2D eigenvalue weighted by Crippen LogP contribution is 2.40. The Kier molecular flexibility index (Phi) is 7.65. The van der Waals surface area contributed by atoms with Gasteiger partial charge in [-0.05, 0) is 61.6 Å². The zero-order chi connectivity index (χ0) is 23.6. The molecule has 8 nitrogen and oxygen atoms in total. The Bertz CT molecular complexity index is 1020. The third kappa shape index (κ3) is 5.70. The van der Waals surface area contributed by atoms with E-state index < -0.39 is 26.7 Å². The molecule has 2 heterocycles. The van der Waals surface area contributed by atoms with Gasteiger partial charge in [-0.25, -0.2) is 8.93 Å². The average Bonchev–Trinajstić information content (AvgIpc) is 2.74. The molecule has 2 atom stereocenters. The number of nitrogens with zero attached hydrogens (tertiary/aromatic N) is 3. The Morgan fingerprint density at radius 2 is 1.88 bits per heavy atom. The molecule has 0 spiro atoms. The van der Waals surface area contributed by atoms with E-state index in [1.807, 2.05) is 25.7 Å². The average molecular weight is 501 g/mol. The van der Waals surface area contributed by atoms with Gasteiger partial charge in [-0.2, -0.15) is 0 Å². The molecular formula is C21H26Cl2N4O4S. The van der Waals surface area contributed by atoms with Crippen LogP contribution in [0.2, 0.25) is 10.0 Å². The van der Waals surface area contributed by atoms with E-state index in [9.17, 15) is 19.4 Å². The maximum atomic E-state index is 12.9. The maximum absolute atomic E-state index is 12.9. The second kappa shape index (κ2) is 9.91. The number of phenols is 1. The molecular weight excluding hydrogens is 475 g/mol. The van der Waals surface area contributed by atoms with Crippen molar-refractivity contribution in [2.24, 2.45) is 5.92 Å². The minimum Gasteiger partial charge on any atom is -0.508 e. The van der Waals surface area contributed by atoms with Gasteiger partial charge in [0.1, 0.15) is 5.75 Å². The summed E-state index contributed by atoms with van der Waals surface area (Å²) in [6, 6.07) is 7.34. The molecule has 32 heavy (non-hydrogen) atoms. The lowest BCUT2D eigenvalue weighted by Crippen LogP contribution is -2.43. The molecule has 1 aromatic carbocycles. The summed E-state index contributed by atoms with van der Waals surface area (Å²) >= 11 is 12.3. The first-order chi connectivity index (χ1) is 15.0. The summed E-state index contributed by atoms with van der Waals surface area (Å²) in [4.78, 5) is 16.7. The summed E-state index contributed by atoms with van der Waals surface area (Å²) in [5.74, 6) is 0.397. The second-order valence-corrected chi connectivity index (χ2v) is 11.5. The van der Waals surface area contributed by atoms with Gasteiger partial charge in [0.2, 0.25) is 5.82 Å². The van der Waals surface area contributed by atoms with Crippen molar-refractivity contribution in [3.8, 4) is 5.75 Å². The maximum Gasteiger partial charge on any atom is 0.365 e. The van der Waals surface area contributed by atoms with Crippen molar-refractivity contribution in [2.45, 2.75) is 44.4 Å². The fourth-order valence-electron chi connectivity index (χ4n) is 3.66. The molecule has 1 aliphatic rings. The van der Waals surface area contributed by atoms with Crippen LogP contribution >= 0.6 is 23.2 Å². The van der Waals surface area contributed by atoms with Gasteiger partial charge in [0, 0.05) is 36.9 Å². The summed E-state index contributed by atoms with van der Waals surface area (Å²) < 4.78 is 15.6. The van der Waals surface area contributed by atoms with Crippen LogP contribution in [0, 0.1) is 16.0 Å². The van der Waals surface area contributed by atoms with Crippen molar-refractivity contribution < 1.29 is 14.2 Å². The fraction of sp³-hybridized carbons (Fsp3) is 0.476. The molecule has 3 rings (SSSR count). The monoisotopic (exact) mass is 500 g/mol. The van der Waals surface area contributed by atoms with Gasteiger partial charge in [-0.15, -0.1) is 0 Å². The predicted molar refractivity (Wildman–Crippen MR) is 128 cm³/mol. The molecule has 11 heteroatoms. The standard InChI is InChI=1S/C21H26Cl2N4O4S/c1-21(2,3)32(31)25-20(14-11-15(22)16(23)12-17(14)28)13-7-9-26(10-8-13)18-5-4-6-19(24-18)27(29)30/h4-6,11-13,20,25,28H,7-10H2,1-3H3. The minimum absolute atomic E-state index is 0.00871. The summed E-state index contributed by atoms with van der Waals surface area (Å²) in [7, 11) is -1.38. The van der Waals surface area contributed by atoms with E-state index in [0.29, 0.717) is 42.3 Å². The summed E-state index contributed by atoms with van der Waals surface area (Å²) in [6.45, 7) is 6.85. The highest BCUT2D eigenvalue weighted by molar-refractivity contribution is 7.84. The van der Waals surface area contributed by atoms with Crippen molar-refractivity contribution in [2.75, 3.05) is 18.0 Å². The van der Waals surface area contributed by atoms with Gasteiger partial charge in [0.15, 0.2) is 0 Å². The molecule has 1 aromatic heterocycles. The van der Waals surface area contributed by atoms with Gasteiger partial charge >= 0.3 is 5.82 Å². The SMILES string of the molecule is CC(C)(C)S(=O)NC(c1cc(Cl)c(Cl)cc1O)C1CCN(c2cccc([N+](=O)[O-])n2)CC1. The third-order valence-corrected chi connectivity index (χ3v) is 7.74. The molecule has 2 unspecified atom stereocenters. The number of halogens is 2. The summed E-state index contributed by atoms with van der Waals surface area (Å²) in [5.41, 5.74) is 0.545. The number of piperidine rings is 1. The fourth-order valence-corrected chi connectivity index (χ4v) is 4.89. The lowest BCUT2D eigenvalue weighted by molar-refractivity contribution is -0.389. The first kappa shape index (κ1) is 24.7. The molecule has 0 amide bonds. The lowest BCUT2D eigenvalue weighted by Gasteiger charge is -2.37. The van der Waals surface area contributed by atoms with Crippen LogP contribution in [0.3, 0.4) is 0 Å². The van der Waals surface area contributed by atoms with Crippen LogP contribution in [0.1, 0.15) is 45.2 Å². The zero-order valence-electron chi connectivity index (χ0n) is 18.0. The highest BCUT2D eigenvalue weighted by Gasteiger charge is 2.34. The van der Waals surface area contributed by atoms with Gasteiger partial charge in [0.25, 0.3) is 0 Å². The van der Waals surface area contributed by atoms with E-state index >= 15 is 0 Å². The van der Waals surface area contributed by atoms with Crippen LogP contribution in [0.25, 0.3) is 0 Å². The molecule has 2 N–H and O–H groups in total. The zero-order valence-corrected chi connectivity index (χ0v) is 20.4. The molecule has 1 saturated heterocycles. The number of anilines is 1. The lowest BCUT2D eigenvalue weighted by atomic mass is 9.85. The number of phenolic OH excluding ortho intramolecular Hbond substituents is 1. The number of aromatic hydroxyl groups is 1. The van der Waals surface area contributed by atoms with Crippen LogP contribution in [0.5, 0.6) is 5.75 Å². The Balaban J connectivity index is 1.84. The van der Waals surface area contributed by atoms with E-state index in [-0.39, 0.29) is 22.5 Å². The van der Waals surface area contributed by atoms with Gasteiger partial charge in [-0.3, -0.25) is 0 Å². The van der Waals surface area contributed by atoms with Crippen molar-refractivity contribution in [3.05, 3.63) is 56.1 Å². The van der Waals surface area contributed by atoms with Crippen LogP contribution in [-0.2, 0) is 11.0 Å². The second-order valence-electron chi connectivity index (χ2n) is 8.74. The minimum atomic E-state index is -1.38. The van der Waals surface area contributed by atoms with E-state index in [2.05, 4.69) is 9.71 Å². The molecule has 174 valence electrons. The third-order valence-electron chi connectivity index (χ3n) is 5.44. The molecule has 0 bridgehead atoms. The Labute approximate surface area is 199 Å². The number of nitro groups is 1. The summed E-state index contributed by atoms with van der Waals surface area (Å²) in [5, 5.41) is 22.2. The quantitative estimate of drug-likeness (QED) is 0.426. The van der Waals surface area contributed by atoms with Gasteiger partial charge in [0.05, 0.1) is 31.8 Å². The molecule has 0 aliphatic carbocycles. The van der Waals surface area contributed by atoms with Crippen LogP contribution in [0.4, 0.5) is 11.6 Å². The Morgan fingerprint density at radius 3 is 2.47 bits per heavy atom. The summed E-state index contributed by atoms with van der Waals surface area (Å²) in [6.07, 6.45) is 1.39. The van der Waals surface area contributed by atoms with Crippen molar-refractivity contribution in [3.63, 3.8) is 0 Å². The Morgan fingerprint density at radius 1 is 1.25 bits per heavy atom. The van der Waals surface area contributed by atoms with Crippen molar-refractivity contribution in [1.29, 1.82) is 0 Å². The van der Waals surface area contributed by atoms with Crippen LogP contribution < -0.4 is 9.62 Å². The van der Waals surface area contributed by atoms with Gasteiger partial charge in [-0.1, -0.05) is 23.2 Å². The first-order valence-electron chi connectivity index (χ1n) is 10.2. The molecule has 0 radical (unpaired) electrons. The van der Waals surface area contributed by atoms with Gasteiger partial charge < -0.3 is 20.1 Å². The number of aromatic nitrogens is 1. The number of nitrogens with one attached hydrogen (secondary N) is 1. The number of hydrogen-bond donors (Lipinski definition) is 2. The molecule has 0 saturated carbocycles. The Hall–Kier alpha value is -1.94. The van der Waals surface area contributed by atoms with E-state index in [1.54, 1.807) is 18.2 Å². The van der Waals surface area contributed by atoms with Crippen LogP contribution in [-0.4, -0.2) is 37.1 Å². The predicted octanol–water partition coefficient (Wildman–Crippen LogP) is 5.01. The first-order valence-corrected chi connectivity index (χ1v) is 12.1. The van der Waals surface area contributed by atoms with E-state index in [4.69, 9.17) is 23.2 Å². The number of hydrogen-bond acceptors (Lipinski definition) is 6. The van der Waals surface area contributed by atoms with Crippen molar-refractivity contribution in [1.82, 2.24) is 9.71 Å². The number of pyridine rings is 1. The van der Waals surface area contributed by atoms with E-state index in [0.717, 1.165) is 0 Å². The largest absolute Gasteiger partial charge is 0.508 e. The van der Waals surface area contributed by atoms with Crippen LogP contribution in [0.15, 0.2) is 30.3 Å². The van der Waals surface area contributed by atoms with Crippen molar-refractivity contribution >= 4 is 45.8 Å². The molecule has 1 aliphatic heterocycles. The molecule has 1 fully saturated rings. The topological polar surface area (TPSA) is 109 Å².